The molecule has 0 spiro atoms. The van der Waals surface area contributed by atoms with Gasteiger partial charge in [-0.15, -0.1) is 10.2 Å². The maximum absolute atomic E-state index is 12.3. The van der Waals surface area contributed by atoms with Crippen molar-refractivity contribution in [3.8, 4) is 0 Å². The molecule has 1 aromatic heterocycles. The monoisotopic (exact) mass is 317 g/mol. The SMILES string of the molecule is Cc1cccc(NC(=O)[C@H](C)Sc2nnc(C3CC3)n2N)c1. The molecular formula is C15H19N5OS. The molecule has 0 saturated heterocycles. The van der Waals surface area contributed by atoms with Crippen molar-refractivity contribution in [1.29, 1.82) is 0 Å². The van der Waals surface area contributed by atoms with Gasteiger partial charge in [0, 0.05) is 11.6 Å². The van der Waals surface area contributed by atoms with E-state index in [1.54, 1.807) is 0 Å². The highest BCUT2D eigenvalue weighted by atomic mass is 32.2. The molecule has 6 nitrogen and oxygen atoms in total. The number of nitrogens with one attached hydrogen (secondary N) is 1. The number of amides is 1. The second-order valence-electron chi connectivity index (χ2n) is 5.60. The first-order valence-electron chi connectivity index (χ1n) is 7.29. The highest BCUT2D eigenvalue weighted by Gasteiger charge is 2.30. The van der Waals surface area contributed by atoms with E-state index < -0.39 is 0 Å². The molecule has 116 valence electrons. The number of thioether (sulfide) groups is 1. The lowest BCUT2D eigenvalue weighted by molar-refractivity contribution is -0.115. The van der Waals surface area contributed by atoms with E-state index in [0.717, 1.165) is 29.9 Å². The molecule has 0 bridgehead atoms. The zero-order valence-corrected chi connectivity index (χ0v) is 13.4. The molecule has 1 saturated carbocycles. The van der Waals surface area contributed by atoms with E-state index in [2.05, 4.69) is 15.5 Å². The highest BCUT2D eigenvalue weighted by Crippen LogP contribution is 2.39. The number of hydrogen-bond donors (Lipinski definition) is 2. The predicted molar refractivity (Wildman–Crippen MR) is 87.3 cm³/mol. The van der Waals surface area contributed by atoms with E-state index >= 15 is 0 Å². The quantitative estimate of drug-likeness (QED) is 0.653. The summed E-state index contributed by atoms with van der Waals surface area (Å²) in [4.78, 5) is 12.3. The highest BCUT2D eigenvalue weighted by molar-refractivity contribution is 8.00. The van der Waals surface area contributed by atoms with Crippen molar-refractivity contribution in [2.75, 3.05) is 11.2 Å². The van der Waals surface area contributed by atoms with Gasteiger partial charge in [0.2, 0.25) is 11.1 Å². The summed E-state index contributed by atoms with van der Waals surface area (Å²) < 4.78 is 1.51. The van der Waals surface area contributed by atoms with Gasteiger partial charge in [0.1, 0.15) is 0 Å². The molecular weight excluding hydrogens is 298 g/mol. The van der Waals surface area contributed by atoms with Crippen LogP contribution in [0.2, 0.25) is 0 Å². The zero-order chi connectivity index (χ0) is 15.7. The Balaban J connectivity index is 1.63. The number of carbonyl (C=O) groups is 1. The first-order chi connectivity index (χ1) is 10.5. The molecule has 22 heavy (non-hydrogen) atoms. The Kier molecular flexibility index (Phi) is 4.06. The summed E-state index contributed by atoms with van der Waals surface area (Å²) >= 11 is 1.32. The van der Waals surface area contributed by atoms with E-state index in [9.17, 15) is 4.79 Å². The van der Waals surface area contributed by atoms with E-state index in [1.807, 2.05) is 38.1 Å². The van der Waals surface area contributed by atoms with Crippen LogP contribution in [-0.4, -0.2) is 26.0 Å². The number of anilines is 1. The summed E-state index contributed by atoms with van der Waals surface area (Å²) in [7, 11) is 0. The van der Waals surface area contributed by atoms with Gasteiger partial charge in [-0.05, 0) is 44.4 Å². The van der Waals surface area contributed by atoms with Crippen LogP contribution in [0.4, 0.5) is 5.69 Å². The van der Waals surface area contributed by atoms with Crippen molar-refractivity contribution in [2.24, 2.45) is 0 Å². The summed E-state index contributed by atoms with van der Waals surface area (Å²) in [6.07, 6.45) is 2.23. The summed E-state index contributed by atoms with van der Waals surface area (Å²) in [6.45, 7) is 3.82. The molecule has 1 atom stereocenters. The number of nitrogens with zero attached hydrogens (tertiary/aromatic N) is 3. The van der Waals surface area contributed by atoms with Crippen molar-refractivity contribution < 1.29 is 4.79 Å². The predicted octanol–water partition coefficient (Wildman–Crippen LogP) is 2.30. The summed E-state index contributed by atoms with van der Waals surface area (Å²) in [5.41, 5.74) is 1.90. The van der Waals surface area contributed by atoms with Crippen molar-refractivity contribution in [2.45, 2.75) is 43.0 Å². The van der Waals surface area contributed by atoms with Crippen LogP contribution in [0, 0.1) is 6.92 Å². The Morgan fingerprint density at radius 2 is 2.23 bits per heavy atom. The number of nitrogen functional groups attached to an aromatic ring is 1. The van der Waals surface area contributed by atoms with E-state index in [4.69, 9.17) is 5.84 Å². The average Bonchev–Trinajstić information content (AvgIpc) is 3.25. The smallest absolute Gasteiger partial charge is 0.237 e. The minimum atomic E-state index is -0.306. The van der Waals surface area contributed by atoms with Crippen LogP contribution in [0.5, 0.6) is 0 Å². The fourth-order valence-corrected chi connectivity index (χ4v) is 2.94. The van der Waals surface area contributed by atoms with Crippen molar-refractivity contribution in [3.05, 3.63) is 35.7 Å². The van der Waals surface area contributed by atoms with Crippen LogP contribution in [-0.2, 0) is 4.79 Å². The summed E-state index contributed by atoms with van der Waals surface area (Å²) in [6, 6.07) is 7.72. The van der Waals surface area contributed by atoms with Gasteiger partial charge in [-0.3, -0.25) is 4.79 Å². The van der Waals surface area contributed by atoms with E-state index in [-0.39, 0.29) is 11.2 Å². The molecule has 2 aromatic rings. The standard InChI is InChI=1S/C15H19N5OS/c1-9-4-3-5-12(8-9)17-14(21)10(2)22-15-19-18-13(20(15)16)11-6-7-11/h3-5,8,10-11H,6-7,16H2,1-2H3,(H,17,21)/t10-/m0/s1. The van der Waals surface area contributed by atoms with Crippen LogP contribution in [0.3, 0.4) is 0 Å². The third-order valence-corrected chi connectivity index (χ3v) is 4.63. The number of rotatable bonds is 5. The lowest BCUT2D eigenvalue weighted by atomic mass is 10.2. The molecule has 1 amide bonds. The fraction of sp³-hybridized carbons (Fsp3) is 0.400. The normalized spacial score (nSPS) is 15.5. The number of nitrogens with two attached hydrogens (primary N) is 1. The zero-order valence-electron chi connectivity index (χ0n) is 12.6. The lowest BCUT2D eigenvalue weighted by Gasteiger charge is -2.11. The second kappa shape index (κ2) is 6.00. The van der Waals surface area contributed by atoms with Crippen LogP contribution >= 0.6 is 11.8 Å². The molecule has 0 aliphatic heterocycles. The van der Waals surface area contributed by atoms with Crippen LogP contribution in [0.1, 0.15) is 37.1 Å². The van der Waals surface area contributed by atoms with Crippen molar-refractivity contribution in [3.63, 3.8) is 0 Å². The molecule has 1 aliphatic rings. The van der Waals surface area contributed by atoms with Crippen molar-refractivity contribution in [1.82, 2.24) is 14.9 Å². The number of carbonyl (C=O) groups excluding carboxylic acids is 1. The van der Waals surface area contributed by atoms with Crippen molar-refractivity contribution >= 4 is 23.4 Å². The molecule has 3 rings (SSSR count). The van der Waals surface area contributed by atoms with Gasteiger partial charge in [0.25, 0.3) is 0 Å². The second-order valence-corrected chi connectivity index (χ2v) is 6.91. The maximum atomic E-state index is 12.3. The Labute approximate surface area is 133 Å². The molecule has 1 fully saturated rings. The number of benzene rings is 1. The molecule has 7 heteroatoms. The van der Waals surface area contributed by atoms with Crippen LogP contribution < -0.4 is 11.2 Å². The van der Waals surface area contributed by atoms with Gasteiger partial charge in [0.05, 0.1) is 5.25 Å². The molecule has 0 unspecified atom stereocenters. The first kappa shape index (κ1) is 14.9. The minimum absolute atomic E-state index is 0.0772. The van der Waals surface area contributed by atoms with Gasteiger partial charge in [-0.1, -0.05) is 23.9 Å². The van der Waals surface area contributed by atoms with Gasteiger partial charge < -0.3 is 11.2 Å². The van der Waals surface area contributed by atoms with E-state index in [1.165, 1.54) is 16.4 Å². The third kappa shape index (κ3) is 3.24. The Morgan fingerprint density at radius 1 is 1.45 bits per heavy atom. The number of aromatic nitrogens is 3. The molecule has 1 heterocycles. The van der Waals surface area contributed by atoms with Crippen LogP contribution in [0.25, 0.3) is 0 Å². The first-order valence-corrected chi connectivity index (χ1v) is 8.17. The fourth-order valence-electron chi connectivity index (χ4n) is 2.17. The Bertz CT molecular complexity index is 695. The minimum Gasteiger partial charge on any atom is -0.336 e. The van der Waals surface area contributed by atoms with Gasteiger partial charge in [0.15, 0.2) is 5.82 Å². The molecule has 0 radical (unpaired) electrons. The van der Waals surface area contributed by atoms with Crippen LogP contribution in [0.15, 0.2) is 29.4 Å². The lowest BCUT2D eigenvalue weighted by Crippen LogP contribution is -2.23. The molecule has 3 N–H and O–H groups in total. The summed E-state index contributed by atoms with van der Waals surface area (Å²) in [5, 5.41) is 11.4. The Hall–Kier alpha value is -2.02. The van der Waals surface area contributed by atoms with Gasteiger partial charge in [-0.25, -0.2) is 4.68 Å². The largest absolute Gasteiger partial charge is 0.336 e. The van der Waals surface area contributed by atoms with E-state index in [0.29, 0.717) is 11.1 Å². The third-order valence-electron chi connectivity index (χ3n) is 3.57. The van der Waals surface area contributed by atoms with Gasteiger partial charge >= 0.3 is 0 Å². The molecule has 1 aliphatic carbocycles. The van der Waals surface area contributed by atoms with Gasteiger partial charge in [-0.2, -0.15) is 0 Å². The Morgan fingerprint density at radius 3 is 2.91 bits per heavy atom. The number of hydrogen-bond acceptors (Lipinski definition) is 5. The number of aryl methyl sites for hydroxylation is 1. The average molecular weight is 317 g/mol. The maximum Gasteiger partial charge on any atom is 0.237 e. The molecule has 1 aromatic carbocycles. The summed E-state index contributed by atoms with van der Waals surface area (Å²) in [5.74, 6) is 7.17. The topological polar surface area (TPSA) is 85.8 Å².